The molecule has 0 spiro atoms. The van der Waals surface area contributed by atoms with Crippen LogP contribution >= 0.6 is 33.5 Å². The van der Waals surface area contributed by atoms with Crippen molar-refractivity contribution in [2.75, 3.05) is 0 Å². The van der Waals surface area contributed by atoms with E-state index in [-0.39, 0.29) is 48.0 Å². The van der Waals surface area contributed by atoms with Crippen LogP contribution in [0, 0.1) is 6.92 Å². The molecule has 0 saturated carbocycles. The number of benzene rings is 5. The zero-order chi connectivity index (χ0) is 43.0. The Morgan fingerprint density at radius 3 is 0.600 bits per heavy atom. The molecule has 2 aliphatic heterocycles. The Bertz CT molecular complexity index is 1710. The van der Waals surface area contributed by atoms with Crippen LogP contribution in [-0.2, 0) is 25.8 Å². The molecule has 13 heteroatoms. The maximum Gasteiger partial charge on any atom is 4.00 e. The third-order valence-corrected chi connectivity index (χ3v) is 21.5. The second kappa shape index (κ2) is 21.9. The zero-order valence-electron chi connectivity index (χ0n) is 37.8. The van der Waals surface area contributed by atoms with E-state index in [1.165, 1.54) is 5.56 Å². The fourth-order valence-electron chi connectivity index (χ4n) is 5.96. The summed E-state index contributed by atoms with van der Waals surface area (Å²) < 4.78 is 10.1. The van der Waals surface area contributed by atoms with Gasteiger partial charge in [-0.15, -0.1) is 22.7 Å². The van der Waals surface area contributed by atoms with Crippen molar-refractivity contribution in [2.24, 2.45) is 0 Å². The van der Waals surface area contributed by atoms with Crippen molar-refractivity contribution in [1.82, 2.24) is 17.8 Å². The molecular formula is C47H64HfN8P4. The van der Waals surface area contributed by atoms with Gasteiger partial charge in [-0.2, -0.15) is 0 Å². The minimum absolute atomic E-state index is 0. The van der Waals surface area contributed by atoms with Crippen LogP contribution in [-0.4, -0.2) is 39.9 Å². The third-order valence-electron chi connectivity index (χ3n) is 8.54. The minimum atomic E-state index is -0.786. The quantitative estimate of drug-likeness (QED) is 0.115. The Morgan fingerprint density at radius 1 is 0.300 bits per heavy atom. The summed E-state index contributed by atoms with van der Waals surface area (Å²) in [6.45, 7) is 29.2. The van der Waals surface area contributed by atoms with E-state index >= 15 is 0 Å². The largest absolute Gasteiger partial charge is 4.00 e. The van der Waals surface area contributed by atoms with E-state index in [2.05, 4.69) is 168 Å². The van der Waals surface area contributed by atoms with Gasteiger partial charge in [-0.3, -0.25) is 17.8 Å². The first-order chi connectivity index (χ1) is 27.7. The number of rotatable bonds is 8. The van der Waals surface area contributed by atoms with Gasteiger partial charge in [-0.1, -0.05) is 157 Å². The van der Waals surface area contributed by atoms with Crippen LogP contribution in [0.25, 0.3) is 20.3 Å². The summed E-state index contributed by atoms with van der Waals surface area (Å²) in [6, 6.07) is 51.5. The van der Waals surface area contributed by atoms with E-state index in [4.69, 9.17) is 20.3 Å². The van der Waals surface area contributed by atoms with Crippen molar-refractivity contribution in [1.29, 1.82) is 0 Å². The molecule has 0 unspecified atom stereocenters. The number of aryl methyl sites for hydroxylation is 1. The van der Waals surface area contributed by atoms with Gasteiger partial charge in [0.1, 0.15) is 0 Å². The molecule has 8 nitrogen and oxygen atoms in total. The van der Waals surface area contributed by atoms with Crippen molar-refractivity contribution in [2.45, 2.75) is 112 Å². The van der Waals surface area contributed by atoms with Crippen LogP contribution in [0.15, 0.2) is 152 Å². The maximum absolute atomic E-state index is 5.12. The van der Waals surface area contributed by atoms with Crippen molar-refractivity contribution in [3.8, 4) is 0 Å². The van der Waals surface area contributed by atoms with E-state index in [0.717, 1.165) is 22.7 Å². The molecule has 0 aromatic heterocycles. The van der Waals surface area contributed by atoms with Gasteiger partial charge in [0, 0.05) is 22.2 Å². The summed E-state index contributed by atoms with van der Waals surface area (Å²) in [5, 5.41) is 20.5. The molecular weight excluding hydrogens is 979 g/mol. The fraction of sp³-hybridized carbons (Fsp3) is 0.362. The molecule has 2 fully saturated rings. The Kier molecular flexibility index (Phi) is 18.4. The zero-order valence-corrected chi connectivity index (χ0v) is 45.0. The molecule has 0 N–H and O–H groups in total. The van der Waals surface area contributed by atoms with Gasteiger partial charge in [-0.05, 0) is 124 Å². The summed E-state index contributed by atoms with van der Waals surface area (Å²) in [5.74, 6) is 0. The van der Waals surface area contributed by atoms with E-state index in [1.807, 2.05) is 91.0 Å². The van der Waals surface area contributed by atoms with Crippen LogP contribution in [0.4, 0.5) is 22.7 Å². The molecule has 2 aliphatic rings. The van der Waals surface area contributed by atoms with Gasteiger partial charge < -0.3 is 20.3 Å². The SMILES string of the molecule is CC(C)(C)N1P([N-]c2ccccc2)N(C(C)(C)C)P1[N-]c1ccccc1.CC(C)(C)N1P([N-]c2ccccc2)N(C(C)(C)C)P1[N-]c1ccccc1.Cc1ccccc1.[Hf+4]. The monoisotopic (exact) mass is 1040 g/mol. The summed E-state index contributed by atoms with van der Waals surface area (Å²) >= 11 is 0. The Balaban J connectivity index is 0.000000224. The van der Waals surface area contributed by atoms with Gasteiger partial charge >= 0.3 is 25.8 Å². The Morgan fingerprint density at radius 2 is 0.467 bits per heavy atom. The smallest absolute Gasteiger partial charge is 0.635 e. The van der Waals surface area contributed by atoms with Gasteiger partial charge in [0.05, 0.1) is 0 Å². The van der Waals surface area contributed by atoms with E-state index in [9.17, 15) is 0 Å². The molecule has 0 bridgehead atoms. The minimum Gasteiger partial charge on any atom is -0.635 e. The van der Waals surface area contributed by atoms with E-state index in [0.29, 0.717) is 0 Å². The predicted octanol–water partition coefficient (Wildman–Crippen LogP) is 18.1. The Labute approximate surface area is 387 Å². The van der Waals surface area contributed by atoms with Gasteiger partial charge in [0.2, 0.25) is 0 Å². The molecule has 5 aromatic carbocycles. The van der Waals surface area contributed by atoms with Crippen LogP contribution in [0.5, 0.6) is 0 Å². The van der Waals surface area contributed by atoms with Crippen LogP contribution in [0.1, 0.15) is 88.6 Å². The van der Waals surface area contributed by atoms with E-state index < -0.39 is 33.5 Å². The maximum atomic E-state index is 5.12. The fourth-order valence-corrected chi connectivity index (χ4v) is 17.1. The second-order valence-corrected chi connectivity index (χ2v) is 25.7. The molecule has 60 heavy (non-hydrogen) atoms. The van der Waals surface area contributed by atoms with Crippen molar-refractivity contribution in [3.63, 3.8) is 0 Å². The first kappa shape index (κ1) is 50.4. The van der Waals surface area contributed by atoms with Crippen LogP contribution < -0.4 is 0 Å². The molecule has 0 atom stereocenters. The van der Waals surface area contributed by atoms with Gasteiger partial charge in [-0.25, -0.2) is 0 Å². The predicted molar refractivity (Wildman–Crippen MR) is 263 cm³/mol. The molecule has 0 amide bonds. The number of nitrogens with zero attached hydrogens (tertiary/aromatic N) is 8. The normalized spacial score (nSPS) is 20.0. The average Bonchev–Trinajstić information content (AvgIpc) is 3.14. The molecule has 7 rings (SSSR count). The van der Waals surface area contributed by atoms with Crippen molar-refractivity contribution >= 4 is 56.2 Å². The first-order valence-electron chi connectivity index (χ1n) is 20.2. The number of hydrogen-bond acceptors (Lipinski definition) is 4. The average molecular weight is 1040 g/mol. The van der Waals surface area contributed by atoms with Crippen molar-refractivity contribution in [3.05, 3.63) is 178 Å². The van der Waals surface area contributed by atoms with Crippen molar-refractivity contribution < 1.29 is 25.8 Å². The summed E-state index contributed by atoms with van der Waals surface area (Å²) in [5.41, 5.74) is 5.51. The first-order valence-corrected chi connectivity index (χ1v) is 25.0. The summed E-state index contributed by atoms with van der Waals surface area (Å²) in [6.07, 6.45) is 0. The van der Waals surface area contributed by atoms with Gasteiger partial charge in [0.15, 0.2) is 0 Å². The third kappa shape index (κ3) is 13.9. The summed E-state index contributed by atoms with van der Waals surface area (Å²) in [4.78, 5) is 0. The molecule has 5 aromatic rings. The number of hydrogen-bond donors (Lipinski definition) is 0. The van der Waals surface area contributed by atoms with Crippen LogP contribution in [0.3, 0.4) is 0 Å². The molecule has 0 radical (unpaired) electrons. The molecule has 2 saturated heterocycles. The van der Waals surface area contributed by atoms with Gasteiger partial charge in [0.25, 0.3) is 0 Å². The Hall–Kier alpha value is -2.27. The topological polar surface area (TPSA) is 69.4 Å². The molecule has 0 aliphatic carbocycles. The van der Waals surface area contributed by atoms with E-state index in [1.54, 1.807) is 0 Å². The summed E-state index contributed by atoms with van der Waals surface area (Å²) in [7, 11) is -3.14. The second-order valence-electron chi connectivity index (χ2n) is 18.3. The van der Waals surface area contributed by atoms with Crippen LogP contribution in [0.2, 0.25) is 0 Å². The molecule has 2 heterocycles. The molecule has 316 valence electrons. The standard InChI is InChI=1S/2C20H28N4P2.C7H8.Hf/c2*1-19(2,3)23-25(21-17-13-9-7-10-14-17)24(20(4,5)6)26(23)22-18-15-11-8-12-16-18;1-7-5-3-2-4-6-7;/h2*7-16H,1-6H3;2-6H,1H3;/q2*-2;;+4.